The van der Waals surface area contributed by atoms with Gasteiger partial charge < -0.3 is 14.6 Å². The van der Waals surface area contributed by atoms with Gasteiger partial charge >= 0.3 is 0 Å². The van der Waals surface area contributed by atoms with Gasteiger partial charge in [-0.3, -0.25) is 0 Å². The highest BCUT2D eigenvalue weighted by molar-refractivity contribution is 5.75. The maximum Gasteiger partial charge on any atom is 0.126 e. The monoisotopic (exact) mass is 273 g/mol. The van der Waals surface area contributed by atoms with Gasteiger partial charge in [0.2, 0.25) is 0 Å². The minimum Gasteiger partial charge on any atom is -0.376 e. The Morgan fingerprint density at radius 2 is 2.20 bits per heavy atom. The second kappa shape index (κ2) is 6.68. The molecule has 1 atom stereocenters. The van der Waals surface area contributed by atoms with E-state index in [9.17, 15) is 0 Å². The molecule has 0 radical (unpaired) electrons. The van der Waals surface area contributed by atoms with E-state index in [4.69, 9.17) is 4.74 Å². The van der Waals surface area contributed by atoms with Crippen LogP contribution in [0.3, 0.4) is 0 Å². The summed E-state index contributed by atoms with van der Waals surface area (Å²) in [4.78, 5) is 4.68. The standard InChI is InChI=1S/C16H23N3O/c1-12(2)11-20-10-9-17-13(3)16-18-14-7-5-6-8-15(14)19(16)4/h5-8,13,17H,1,9-11H2,2-4H3. The maximum absolute atomic E-state index is 5.48. The molecule has 0 bridgehead atoms. The Labute approximate surface area is 120 Å². The average molecular weight is 273 g/mol. The lowest BCUT2D eigenvalue weighted by Gasteiger charge is -2.14. The molecule has 1 aromatic heterocycles. The van der Waals surface area contributed by atoms with Crippen molar-refractivity contribution in [1.82, 2.24) is 14.9 Å². The number of aryl methyl sites for hydroxylation is 1. The van der Waals surface area contributed by atoms with E-state index in [1.54, 1.807) is 0 Å². The third-order valence-corrected chi connectivity index (χ3v) is 3.25. The molecule has 2 aromatic rings. The Morgan fingerprint density at radius 1 is 1.45 bits per heavy atom. The first-order valence-electron chi connectivity index (χ1n) is 6.96. The van der Waals surface area contributed by atoms with Gasteiger partial charge in [-0.05, 0) is 26.0 Å². The SMILES string of the molecule is C=C(C)COCCNC(C)c1nc2ccccc2n1C. The first-order chi connectivity index (χ1) is 9.59. The van der Waals surface area contributed by atoms with Crippen LogP contribution in [0, 0.1) is 0 Å². The van der Waals surface area contributed by atoms with Gasteiger partial charge in [0.1, 0.15) is 5.82 Å². The highest BCUT2D eigenvalue weighted by Crippen LogP contribution is 2.18. The van der Waals surface area contributed by atoms with Crippen molar-refractivity contribution in [3.8, 4) is 0 Å². The second-order valence-corrected chi connectivity index (χ2v) is 5.20. The van der Waals surface area contributed by atoms with Gasteiger partial charge in [0.15, 0.2) is 0 Å². The van der Waals surface area contributed by atoms with Gasteiger partial charge in [-0.15, -0.1) is 0 Å². The van der Waals surface area contributed by atoms with Crippen molar-refractivity contribution < 1.29 is 4.74 Å². The van der Waals surface area contributed by atoms with E-state index >= 15 is 0 Å². The number of hydrogen-bond donors (Lipinski definition) is 1. The number of nitrogens with one attached hydrogen (secondary N) is 1. The number of nitrogens with zero attached hydrogens (tertiary/aromatic N) is 2. The third kappa shape index (κ3) is 3.46. The van der Waals surface area contributed by atoms with Gasteiger partial charge in [0.25, 0.3) is 0 Å². The zero-order chi connectivity index (χ0) is 14.5. The predicted octanol–water partition coefficient (Wildman–Crippen LogP) is 2.82. The van der Waals surface area contributed by atoms with Gasteiger partial charge in [-0.1, -0.05) is 24.3 Å². The Hall–Kier alpha value is -1.65. The number of fused-ring (bicyclic) bond motifs is 1. The van der Waals surface area contributed by atoms with Gasteiger partial charge in [-0.25, -0.2) is 4.98 Å². The lowest BCUT2D eigenvalue weighted by molar-refractivity contribution is 0.155. The smallest absolute Gasteiger partial charge is 0.126 e. The summed E-state index contributed by atoms with van der Waals surface area (Å²) >= 11 is 0. The molecule has 0 spiro atoms. The number of aromatic nitrogens is 2. The molecule has 1 heterocycles. The van der Waals surface area contributed by atoms with Crippen LogP contribution in [0.5, 0.6) is 0 Å². The number of ether oxygens (including phenoxy) is 1. The van der Waals surface area contributed by atoms with Crippen LogP contribution < -0.4 is 5.32 Å². The molecular formula is C16H23N3O. The average Bonchev–Trinajstić information content (AvgIpc) is 2.76. The summed E-state index contributed by atoms with van der Waals surface area (Å²) in [6.45, 7) is 10.0. The summed E-state index contributed by atoms with van der Waals surface area (Å²) in [5.41, 5.74) is 3.25. The van der Waals surface area contributed by atoms with Gasteiger partial charge in [-0.2, -0.15) is 0 Å². The van der Waals surface area contributed by atoms with Crippen molar-refractivity contribution in [2.24, 2.45) is 7.05 Å². The molecule has 4 nitrogen and oxygen atoms in total. The molecule has 1 N–H and O–H groups in total. The van der Waals surface area contributed by atoms with Crippen LogP contribution in [0.25, 0.3) is 11.0 Å². The fourth-order valence-corrected chi connectivity index (χ4v) is 2.24. The highest BCUT2D eigenvalue weighted by atomic mass is 16.5. The quantitative estimate of drug-likeness (QED) is 0.623. The summed E-state index contributed by atoms with van der Waals surface area (Å²) in [7, 11) is 2.06. The van der Waals surface area contributed by atoms with Crippen LogP contribution in [-0.4, -0.2) is 29.3 Å². The molecule has 0 amide bonds. The molecule has 0 aliphatic rings. The Bertz CT molecular complexity index is 588. The lowest BCUT2D eigenvalue weighted by Crippen LogP contribution is -2.25. The van der Waals surface area contributed by atoms with E-state index < -0.39 is 0 Å². The molecule has 4 heteroatoms. The van der Waals surface area contributed by atoms with Crippen LogP contribution in [0.2, 0.25) is 0 Å². The fraction of sp³-hybridized carbons (Fsp3) is 0.438. The minimum absolute atomic E-state index is 0.195. The van der Waals surface area contributed by atoms with E-state index in [1.165, 1.54) is 0 Å². The topological polar surface area (TPSA) is 39.1 Å². The molecule has 0 aliphatic heterocycles. The molecule has 0 saturated carbocycles. The third-order valence-electron chi connectivity index (χ3n) is 3.25. The van der Waals surface area contributed by atoms with Crippen LogP contribution >= 0.6 is 0 Å². The normalized spacial score (nSPS) is 12.8. The summed E-state index contributed by atoms with van der Waals surface area (Å²) in [6.07, 6.45) is 0. The Morgan fingerprint density at radius 3 is 2.90 bits per heavy atom. The van der Waals surface area contributed by atoms with Crippen molar-refractivity contribution in [2.45, 2.75) is 19.9 Å². The maximum atomic E-state index is 5.48. The molecule has 0 aliphatic carbocycles. The molecule has 20 heavy (non-hydrogen) atoms. The number of benzene rings is 1. The molecule has 0 saturated heterocycles. The van der Waals surface area contributed by atoms with E-state index in [1.807, 2.05) is 25.1 Å². The van der Waals surface area contributed by atoms with E-state index in [2.05, 4.69) is 41.5 Å². The molecule has 1 unspecified atom stereocenters. The Kier molecular flexibility index (Phi) is 4.93. The van der Waals surface area contributed by atoms with Crippen molar-refractivity contribution >= 4 is 11.0 Å². The zero-order valence-corrected chi connectivity index (χ0v) is 12.5. The predicted molar refractivity (Wildman–Crippen MR) is 82.8 cm³/mol. The van der Waals surface area contributed by atoms with E-state index in [0.29, 0.717) is 13.2 Å². The summed E-state index contributed by atoms with van der Waals surface area (Å²) < 4.78 is 7.62. The summed E-state index contributed by atoms with van der Waals surface area (Å²) in [5.74, 6) is 1.05. The molecular weight excluding hydrogens is 250 g/mol. The molecule has 1 aromatic carbocycles. The zero-order valence-electron chi connectivity index (χ0n) is 12.5. The largest absolute Gasteiger partial charge is 0.376 e. The summed E-state index contributed by atoms with van der Waals surface area (Å²) in [5, 5.41) is 3.44. The van der Waals surface area contributed by atoms with E-state index in [-0.39, 0.29) is 6.04 Å². The van der Waals surface area contributed by atoms with Gasteiger partial charge in [0, 0.05) is 13.6 Å². The number of para-hydroxylation sites is 2. The Balaban J connectivity index is 1.92. The van der Waals surface area contributed by atoms with Crippen LogP contribution in [0.15, 0.2) is 36.4 Å². The van der Waals surface area contributed by atoms with Gasteiger partial charge in [0.05, 0.1) is 30.3 Å². The lowest BCUT2D eigenvalue weighted by atomic mass is 10.3. The van der Waals surface area contributed by atoms with Crippen LogP contribution in [0.1, 0.15) is 25.7 Å². The number of rotatable bonds is 7. The van der Waals surface area contributed by atoms with Crippen molar-refractivity contribution in [1.29, 1.82) is 0 Å². The highest BCUT2D eigenvalue weighted by Gasteiger charge is 2.13. The number of imidazole rings is 1. The minimum atomic E-state index is 0.195. The van der Waals surface area contributed by atoms with Crippen molar-refractivity contribution in [2.75, 3.05) is 19.8 Å². The van der Waals surface area contributed by atoms with E-state index in [0.717, 1.165) is 29.0 Å². The first-order valence-corrected chi connectivity index (χ1v) is 6.96. The first kappa shape index (κ1) is 14.8. The molecule has 108 valence electrons. The molecule has 0 fully saturated rings. The van der Waals surface area contributed by atoms with Crippen LogP contribution in [0.4, 0.5) is 0 Å². The van der Waals surface area contributed by atoms with Crippen molar-refractivity contribution in [3.05, 3.63) is 42.2 Å². The summed E-state index contributed by atoms with van der Waals surface area (Å²) in [6, 6.07) is 8.39. The fourth-order valence-electron chi connectivity index (χ4n) is 2.24. The molecule has 2 rings (SSSR count). The van der Waals surface area contributed by atoms with Crippen molar-refractivity contribution in [3.63, 3.8) is 0 Å². The number of hydrogen-bond acceptors (Lipinski definition) is 3. The van der Waals surface area contributed by atoms with Crippen LogP contribution in [-0.2, 0) is 11.8 Å². The second-order valence-electron chi connectivity index (χ2n) is 5.20.